The van der Waals surface area contributed by atoms with Crippen LogP contribution in [0.15, 0.2) is 27.9 Å². The minimum atomic E-state index is -0.0322. The predicted octanol–water partition coefficient (Wildman–Crippen LogP) is 2.77. The van der Waals surface area contributed by atoms with Crippen LogP contribution in [0.2, 0.25) is 5.02 Å². The van der Waals surface area contributed by atoms with Gasteiger partial charge in [0, 0.05) is 53.2 Å². The van der Waals surface area contributed by atoms with E-state index in [0.717, 1.165) is 54.6 Å². The van der Waals surface area contributed by atoms with E-state index in [1.165, 1.54) is 11.5 Å². The van der Waals surface area contributed by atoms with Crippen molar-refractivity contribution in [3.05, 3.63) is 39.5 Å². The Hall–Kier alpha value is -0.890. The second-order valence-corrected chi connectivity index (χ2v) is 9.07. The minimum Gasteiger partial charge on any atom is -0.302 e. The van der Waals surface area contributed by atoms with Crippen molar-refractivity contribution in [3.8, 4) is 5.69 Å². The molecule has 2 aromatic rings. The smallest absolute Gasteiger partial charge is 0.302 e. The van der Waals surface area contributed by atoms with Crippen LogP contribution in [0.5, 0.6) is 0 Å². The molecule has 2 aliphatic rings. The van der Waals surface area contributed by atoms with Gasteiger partial charge in [0.1, 0.15) is 5.82 Å². The molecule has 8 heteroatoms. The van der Waals surface area contributed by atoms with Gasteiger partial charge in [0.15, 0.2) is 0 Å². The first kappa shape index (κ1) is 17.5. The van der Waals surface area contributed by atoms with Crippen LogP contribution in [0, 0.1) is 0 Å². The lowest BCUT2D eigenvalue weighted by atomic mass is 10.3. The van der Waals surface area contributed by atoms with Crippen molar-refractivity contribution < 1.29 is 0 Å². The van der Waals surface area contributed by atoms with Crippen molar-refractivity contribution >= 4 is 35.1 Å². The Bertz CT molecular complexity index is 813. The summed E-state index contributed by atoms with van der Waals surface area (Å²) >= 11 is 9.87. The summed E-state index contributed by atoms with van der Waals surface area (Å²) in [6.07, 6.45) is 1.76. The van der Waals surface area contributed by atoms with Crippen molar-refractivity contribution in [1.82, 2.24) is 19.2 Å². The molecule has 0 atom stereocenters. The highest BCUT2D eigenvalue weighted by Crippen LogP contribution is 2.31. The van der Waals surface area contributed by atoms with E-state index >= 15 is 0 Å². The molecule has 2 aliphatic heterocycles. The second-order valence-electron chi connectivity index (χ2n) is 6.28. The average molecular weight is 397 g/mol. The molecule has 0 amide bonds. The first-order valence-corrected chi connectivity index (χ1v) is 11.2. The average Bonchev–Trinajstić information content (AvgIpc) is 2.82. The number of nitrogens with zero attached hydrogens (tertiary/aromatic N) is 4. The van der Waals surface area contributed by atoms with Crippen LogP contribution in [0.25, 0.3) is 5.69 Å². The fourth-order valence-electron chi connectivity index (χ4n) is 3.31. The van der Waals surface area contributed by atoms with Crippen molar-refractivity contribution in [1.29, 1.82) is 0 Å². The zero-order chi connectivity index (χ0) is 17.2. The highest BCUT2D eigenvalue weighted by molar-refractivity contribution is 7.99. The van der Waals surface area contributed by atoms with Gasteiger partial charge in [-0.25, -0.2) is 14.0 Å². The maximum Gasteiger partial charge on any atom is 0.350 e. The molecule has 0 saturated carbocycles. The molecular formula is C17H21ClN4OS2. The third kappa shape index (κ3) is 3.79. The Morgan fingerprint density at radius 2 is 2.00 bits per heavy atom. The quantitative estimate of drug-likeness (QED) is 0.795. The van der Waals surface area contributed by atoms with E-state index < -0.39 is 0 Å². The summed E-state index contributed by atoms with van der Waals surface area (Å²) in [6.45, 7) is 4.03. The minimum absolute atomic E-state index is 0.0322. The lowest BCUT2D eigenvalue weighted by molar-refractivity contribution is 0.289. The fraction of sp³-hybridized carbons (Fsp3) is 0.529. The third-order valence-electron chi connectivity index (χ3n) is 4.60. The number of thioether (sulfide) groups is 2. The predicted molar refractivity (Wildman–Crippen MR) is 106 cm³/mol. The van der Waals surface area contributed by atoms with Crippen molar-refractivity contribution in [2.75, 3.05) is 36.9 Å². The molecule has 0 unspecified atom stereocenters. The Morgan fingerprint density at radius 1 is 1.16 bits per heavy atom. The zero-order valence-corrected chi connectivity index (χ0v) is 16.4. The molecule has 0 N–H and O–H groups in total. The van der Waals surface area contributed by atoms with Crippen molar-refractivity contribution in [2.45, 2.75) is 24.3 Å². The highest BCUT2D eigenvalue weighted by atomic mass is 35.5. The Kier molecular flexibility index (Phi) is 5.45. The molecule has 0 bridgehead atoms. The Labute approximate surface area is 160 Å². The number of halogens is 1. The van der Waals surface area contributed by atoms with Crippen molar-refractivity contribution in [2.24, 2.45) is 0 Å². The first-order chi connectivity index (χ1) is 12.2. The van der Waals surface area contributed by atoms with Crippen LogP contribution >= 0.6 is 35.1 Å². The molecule has 3 heterocycles. The Morgan fingerprint density at radius 3 is 2.84 bits per heavy atom. The monoisotopic (exact) mass is 396 g/mol. The molecule has 25 heavy (non-hydrogen) atoms. The SMILES string of the molecule is O=c1n(CCCN2CCSCC2)nc2n1-c1ccc(Cl)cc1SCC2. The van der Waals surface area contributed by atoms with E-state index in [2.05, 4.69) is 10.00 Å². The highest BCUT2D eigenvalue weighted by Gasteiger charge is 2.21. The Balaban J connectivity index is 1.54. The molecular weight excluding hydrogens is 376 g/mol. The summed E-state index contributed by atoms with van der Waals surface area (Å²) < 4.78 is 3.41. The van der Waals surface area contributed by atoms with E-state index in [4.69, 9.17) is 11.6 Å². The molecule has 134 valence electrons. The van der Waals surface area contributed by atoms with Gasteiger partial charge in [-0.2, -0.15) is 16.9 Å². The van der Waals surface area contributed by atoms with E-state index in [9.17, 15) is 4.79 Å². The van der Waals surface area contributed by atoms with E-state index in [1.807, 2.05) is 30.0 Å². The standard InChI is InChI=1S/C17H21ClN4OS2/c18-13-2-3-14-15(12-13)25-9-4-16-19-21(17(23)22(14)16)6-1-5-20-7-10-24-11-8-20/h2-3,12H,1,4-11H2. The number of hydrogen-bond acceptors (Lipinski definition) is 5. The van der Waals surface area contributed by atoms with Crippen LogP contribution in [-0.2, 0) is 13.0 Å². The summed E-state index contributed by atoms with van der Waals surface area (Å²) in [5.41, 5.74) is 0.876. The number of aryl methyl sites for hydroxylation is 2. The van der Waals surface area contributed by atoms with Gasteiger partial charge in [-0.15, -0.1) is 11.8 Å². The van der Waals surface area contributed by atoms with Crippen LogP contribution in [0.3, 0.4) is 0 Å². The zero-order valence-electron chi connectivity index (χ0n) is 14.0. The number of aromatic nitrogens is 3. The fourth-order valence-corrected chi connectivity index (χ4v) is 5.55. The normalized spacial score (nSPS) is 17.8. The van der Waals surface area contributed by atoms with Gasteiger partial charge in [0.2, 0.25) is 0 Å². The van der Waals surface area contributed by atoms with Gasteiger partial charge in [-0.3, -0.25) is 0 Å². The van der Waals surface area contributed by atoms with Gasteiger partial charge in [0.05, 0.1) is 5.69 Å². The maximum atomic E-state index is 12.9. The molecule has 1 aromatic heterocycles. The first-order valence-electron chi connectivity index (χ1n) is 8.64. The summed E-state index contributed by atoms with van der Waals surface area (Å²) in [6, 6.07) is 5.71. The summed E-state index contributed by atoms with van der Waals surface area (Å²) in [7, 11) is 0. The van der Waals surface area contributed by atoms with Gasteiger partial charge >= 0.3 is 5.69 Å². The van der Waals surface area contributed by atoms with Crippen LogP contribution < -0.4 is 5.69 Å². The topological polar surface area (TPSA) is 43.1 Å². The number of rotatable bonds is 4. The molecule has 1 aromatic carbocycles. The maximum absolute atomic E-state index is 12.9. The summed E-state index contributed by atoms with van der Waals surface area (Å²) in [4.78, 5) is 16.4. The summed E-state index contributed by atoms with van der Waals surface area (Å²) in [5.74, 6) is 4.20. The number of hydrogen-bond donors (Lipinski definition) is 0. The lowest BCUT2D eigenvalue weighted by Gasteiger charge is -2.25. The molecule has 4 rings (SSSR count). The van der Waals surface area contributed by atoms with Gasteiger partial charge in [0.25, 0.3) is 0 Å². The summed E-state index contributed by atoms with van der Waals surface area (Å²) in [5, 5.41) is 5.32. The molecule has 0 radical (unpaired) electrons. The van der Waals surface area contributed by atoms with E-state index in [-0.39, 0.29) is 5.69 Å². The van der Waals surface area contributed by atoms with E-state index in [0.29, 0.717) is 11.6 Å². The third-order valence-corrected chi connectivity index (χ3v) is 6.82. The molecule has 0 aliphatic carbocycles. The van der Waals surface area contributed by atoms with Crippen LogP contribution in [0.1, 0.15) is 12.2 Å². The van der Waals surface area contributed by atoms with Gasteiger partial charge in [-0.05, 0) is 31.2 Å². The van der Waals surface area contributed by atoms with Crippen molar-refractivity contribution in [3.63, 3.8) is 0 Å². The molecule has 1 fully saturated rings. The van der Waals surface area contributed by atoms with Gasteiger partial charge in [-0.1, -0.05) is 11.6 Å². The molecule has 1 saturated heterocycles. The second kappa shape index (κ2) is 7.78. The lowest BCUT2D eigenvalue weighted by Crippen LogP contribution is -2.34. The van der Waals surface area contributed by atoms with E-state index in [1.54, 1.807) is 21.0 Å². The number of fused-ring (bicyclic) bond motifs is 3. The number of benzene rings is 1. The van der Waals surface area contributed by atoms with Gasteiger partial charge < -0.3 is 4.90 Å². The molecule has 5 nitrogen and oxygen atoms in total. The molecule has 0 spiro atoms. The largest absolute Gasteiger partial charge is 0.350 e. The van der Waals surface area contributed by atoms with Crippen LogP contribution in [-0.4, -0.2) is 56.1 Å². The van der Waals surface area contributed by atoms with Crippen LogP contribution in [0.4, 0.5) is 0 Å².